The SMILES string of the molecule is Cc1cc(Nc2ncn(-c3cccc(F)c3)n2)nc(N2CC(N3CCOCC3)C2)c1.[HH]. The third kappa shape index (κ3) is 3.99. The van der Waals surface area contributed by atoms with Crippen LogP contribution in [0.3, 0.4) is 0 Å². The van der Waals surface area contributed by atoms with Gasteiger partial charge in [-0.1, -0.05) is 6.07 Å². The largest absolute Gasteiger partial charge is 0.379 e. The molecular weight excluding hydrogens is 385 g/mol. The van der Waals surface area contributed by atoms with Crippen molar-refractivity contribution in [2.45, 2.75) is 13.0 Å². The standard InChI is InChI=1S/C21H24FN7O.H2/c1-15-9-19(25-21-23-14-29(26-21)17-4-2-3-16(22)11-17)24-20(10-15)28-12-18(13-28)27-5-7-30-8-6-27;/h2-4,9-11,14,18H,5-8,12-13H2,1H3,(H,24,25,26);1H. The zero-order chi connectivity index (χ0) is 20.5. The molecule has 5 rings (SSSR count). The van der Waals surface area contributed by atoms with E-state index in [2.05, 4.69) is 31.3 Å². The molecule has 8 nitrogen and oxygen atoms in total. The van der Waals surface area contributed by atoms with E-state index < -0.39 is 0 Å². The number of pyridine rings is 1. The average molecular weight is 411 g/mol. The second kappa shape index (κ2) is 8.00. The Morgan fingerprint density at radius 3 is 2.80 bits per heavy atom. The molecule has 2 fully saturated rings. The number of aryl methyl sites for hydroxylation is 1. The number of rotatable bonds is 5. The monoisotopic (exact) mass is 411 g/mol. The van der Waals surface area contributed by atoms with Gasteiger partial charge in [0.1, 0.15) is 23.8 Å². The molecule has 2 aliphatic rings. The van der Waals surface area contributed by atoms with Crippen LogP contribution in [0.4, 0.5) is 22.0 Å². The summed E-state index contributed by atoms with van der Waals surface area (Å²) < 4.78 is 20.4. The molecule has 2 aliphatic heterocycles. The second-order valence-corrected chi connectivity index (χ2v) is 7.71. The fraction of sp³-hybridized carbons (Fsp3) is 0.381. The van der Waals surface area contributed by atoms with E-state index in [1.807, 2.05) is 13.0 Å². The highest BCUT2D eigenvalue weighted by Gasteiger charge is 2.33. The lowest BCUT2D eigenvalue weighted by Gasteiger charge is -2.47. The van der Waals surface area contributed by atoms with Crippen LogP contribution in [0, 0.1) is 12.7 Å². The third-order valence-corrected chi connectivity index (χ3v) is 5.51. The van der Waals surface area contributed by atoms with E-state index >= 15 is 0 Å². The molecule has 9 heteroatoms. The van der Waals surface area contributed by atoms with Gasteiger partial charge in [-0.2, -0.15) is 4.98 Å². The molecule has 0 saturated carbocycles. The summed E-state index contributed by atoms with van der Waals surface area (Å²) in [5.74, 6) is 1.74. The Balaban J connectivity index is 0.00000231. The highest BCUT2D eigenvalue weighted by atomic mass is 19.1. The molecule has 0 amide bonds. The number of nitrogens with one attached hydrogen (secondary N) is 1. The molecule has 0 unspecified atom stereocenters. The van der Waals surface area contributed by atoms with Crippen LogP contribution in [0.25, 0.3) is 5.69 Å². The molecule has 3 aromatic rings. The Kier molecular flexibility index (Phi) is 5.06. The number of hydrogen-bond donors (Lipinski definition) is 1. The summed E-state index contributed by atoms with van der Waals surface area (Å²) in [5.41, 5.74) is 1.73. The van der Waals surface area contributed by atoms with Crippen LogP contribution in [-0.4, -0.2) is 70.1 Å². The molecule has 30 heavy (non-hydrogen) atoms. The lowest BCUT2D eigenvalue weighted by molar-refractivity contribution is 0.0104. The van der Waals surface area contributed by atoms with Crippen molar-refractivity contribution >= 4 is 17.6 Å². The average Bonchev–Trinajstić information content (AvgIpc) is 3.16. The van der Waals surface area contributed by atoms with Crippen molar-refractivity contribution in [3.63, 3.8) is 0 Å². The van der Waals surface area contributed by atoms with E-state index in [0.29, 0.717) is 23.5 Å². The van der Waals surface area contributed by atoms with Gasteiger partial charge in [-0.3, -0.25) is 4.90 Å². The summed E-state index contributed by atoms with van der Waals surface area (Å²) in [7, 11) is 0. The van der Waals surface area contributed by atoms with E-state index in [1.54, 1.807) is 18.5 Å². The topological polar surface area (TPSA) is 71.3 Å². The summed E-state index contributed by atoms with van der Waals surface area (Å²) in [6, 6.07) is 10.9. The summed E-state index contributed by atoms with van der Waals surface area (Å²) in [6.07, 6.45) is 1.55. The fourth-order valence-corrected chi connectivity index (χ4v) is 3.87. The molecule has 0 radical (unpaired) electrons. The number of aromatic nitrogens is 4. The van der Waals surface area contributed by atoms with E-state index in [4.69, 9.17) is 9.72 Å². The Hall–Kier alpha value is -3.04. The number of halogens is 1. The molecule has 0 bridgehead atoms. The van der Waals surface area contributed by atoms with Crippen LogP contribution in [-0.2, 0) is 4.74 Å². The number of hydrogen-bond acceptors (Lipinski definition) is 7. The van der Waals surface area contributed by atoms with E-state index in [1.165, 1.54) is 16.8 Å². The van der Waals surface area contributed by atoms with Gasteiger partial charge in [0.15, 0.2) is 0 Å². The lowest BCUT2D eigenvalue weighted by atomic mass is 10.1. The number of ether oxygens (including phenoxy) is 1. The minimum Gasteiger partial charge on any atom is -0.379 e. The maximum Gasteiger partial charge on any atom is 0.248 e. The number of nitrogens with zero attached hydrogens (tertiary/aromatic N) is 6. The van der Waals surface area contributed by atoms with E-state index in [-0.39, 0.29) is 7.24 Å². The zero-order valence-electron chi connectivity index (χ0n) is 16.8. The first-order valence-electron chi connectivity index (χ1n) is 10.1. The molecule has 1 N–H and O–H groups in total. The second-order valence-electron chi connectivity index (χ2n) is 7.71. The van der Waals surface area contributed by atoms with Gasteiger partial charge in [-0.05, 0) is 42.8 Å². The van der Waals surface area contributed by atoms with Gasteiger partial charge in [0, 0.05) is 33.6 Å². The predicted molar refractivity (Wildman–Crippen MR) is 114 cm³/mol. The molecule has 158 valence electrons. The molecule has 0 spiro atoms. The number of anilines is 3. The summed E-state index contributed by atoms with van der Waals surface area (Å²) >= 11 is 0. The van der Waals surface area contributed by atoms with E-state index in [0.717, 1.165) is 50.8 Å². The third-order valence-electron chi connectivity index (χ3n) is 5.51. The number of morpholine rings is 1. The first-order chi connectivity index (χ1) is 14.6. The van der Waals surface area contributed by atoms with Gasteiger partial charge in [0.25, 0.3) is 0 Å². The van der Waals surface area contributed by atoms with Crippen LogP contribution in [0.2, 0.25) is 0 Å². The van der Waals surface area contributed by atoms with Crippen LogP contribution in [0.5, 0.6) is 0 Å². The molecular formula is C21H26FN7O. The minimum atomic E-state index is -0.313. The summed E-state index contributed by atoms with van der Waals surface area (Å²) in [6.45, 7) is 7.66. The smallest absolute Gasteiger partial charge is 0.248 e. The highest BCUT2D eigenvalue weighted by molar-refractivity contribution is 5.56. The molecule has 0 atom stereocenters. The van der Waals surface area contributed by atoms with Crippen molar-refractivity contribution in [1.29, 1.82) is 0 Å². The van der Waals surface area contributed by atoms with Crippen LogP contribution in [0.1, 0.15) is 6.99 Å². The minimum absolute atomic E-state index is 0. The Morgan fingerprint density at radius 2 is 2.00 bits per heavy atom. The Morgan fingerprint density at radius 1 is 1.17 bits per heavy atom. The van der Waals surface area contributed by atoms with Crippen molar-refractivity contribution in [3.05, 3.63) is 54.1 Å². The molecule has 1 aromatic carbocycles. The van der Waals surface area contributed by atoms with Crippen LogP contribution in [0.15, 0.2) is 42.7 Å². The van der Waals surface area contributed by atoms with Gasteiger partial charge in [-0.15, -0.1) is 5.10 Å². The molecule has 0 aliphatic carbocycles. The van der Waals surface area contributed by atoms with Gasteiger partial charge in [0.05, 0.1) is 18.9 Å². The van der Waals surface area contributed by atoms with Crippen LogP contribution < -0.4 is 10.2 Å². The Labute approximate surface area is 175 Å². The van der Waals surface area contributed by atoms with Crippen molar-refractivity contribution in [1.82, 2.24) is 24.6 Å². The van der Waals surface area contributed by atoms with Crippen molar-refractivity contribution in [3.8, 4) is 5.69 Å². The van der Waals surface area contributed by atoms with Gasteiger partial charge >= 0.3 is 0 Å². The van der Waals surface area contributed by atoms with Crippen LogP contribution >= 0.6 is 0 Å². The fourth-order valence-electron chi connectivity index (χ4n) is 3.87. The van der Waals surface area contributed by atoms with Crippen molar-refractivity contribution in [2.75, 3.05) is 49.6 Å². The first kappa shape index (κ1) is 19.0. The van der Waals surface area contributed by atoms with Gasteiger partial charge < -0.3 is 15.0 Å². The molecule has 2 saturated heterocycles. The highest BCUT2D eigenvalue weighted by Crippen LogP contribution is 2.26. The maximum absolute atomic E-state index is 13.5. The van der Waals surface area contributed by atoms with E-state index in [9.17, 15) is 4.39 Å². The quantitative estimate of drug-likeness (QED) is 0.692. The summed E-state index contributed by atoms with van der Waals surface area (Å²) in [5, 5.41) is 7.55. The number of benzene rings is 1. The van der Waals surface area contributed by atoms with Gasteiger partial charge in [-0.25, -0.2) is 14.1 Å². The van der Waals surface area contributed by atoms with Crippen molar-refractivity contribution in [2.24, 2.45) is 0 Å². The zero-order valence-corrected chi connectivity index (χ0v) is 16.8. The first-order valence-corrected chi connectivity index (χ1v) is 10.1. The summed E-state index contributed by atoms with van der Waals surface area (Å²) in [4.78, 5) is 13.8. The molecule has 2 aromatic heterocycles. The van der Waals surface area contributed by atoms with Gasteiger partial charge in [0.2, 0.25) is 5.95 Å². The maximum atomic E-state index is 13.5. The van der Waals surface area contributed by atoms with Crippen molar-refractivity contribution < 1.29 is 10.6 Å². The normalized spacial score (nSPS) is 17.7. The predicted octanol–water partition coefficient (Wildman–Crippen LogP) is 2.62. The molecule has 4 heterocycles. The Bertz CT molecular complexity index is 1030. The lowest BCUT2D eigenvalue weighted by Crippen LogP contribution is -2.61.